The lowest BCUT2D eigenvalue weighted by atomic mass is 9.44. The molecule has 7 atom stereocenters. The van der Waals surface area contributed by atoms with E-state index in [1.54, 1.807) is 0 Å². The van der Waals surface area contributed by atoms with Crippen LogP contribution in [0.5, 0.6) is 0 Å². The number of carbonyl (C=O) groups excluding carboxylic acids is 1. The fourth-order valence-electron chi connectivity index (χ4n) is 8.79. The second-order valence-electron chi connectivity index (χ2n) is 13.1. The van der Waals surface area contributed by atoms with Crippen molar-refractivity contribution in [2.45, 2.75) is 123 Å². The number of ether oxygens (including phenoxy) is 1. The van der Waals surface area contributed by atoms with Gasteiger partial charge in [-0.3, -0.25) is 4.79 Å². The fourth-order valence-corrected chi connectivity index (χ4v) is 9.33. The zero-order valence-electron chi connectivity index (χ0n) is 22.8. The molecule has 0 amide bonds. The van der Waals surface area contributed by atoms with Gasteiger partial charge in [-0.15, -0.1) is 0 Å². The van der Waals surface area contributed by atoms with E-state index in [4.69, 9.17) is 4.74 Å². The molecule has 4 aliphatic carbocycles. The number of aliphatic hydroxyl groups is 1. The van der Waals surface area contributed by atoms with Gasteiger partial charge in [-0.1, -0.05) is 67.7 Å². The van der Waals surface area contributed by atoms with E-state index in [1.165, 1.54) is 74.2 Å². The molecule has 0 aliphatic heterocycles. The highest BCUT2D eigenvalue weighted by atomic mass is 127. The molecule has 0 aromatic heterocycles. The molecule has 0 aromatic carbocycles. The molecule has 1 N–H and O–H groups in total. The van der Waals surface area contributed by atoms with Gasteiger partial charge < -0.3 is 9.84 Å². The van der Waals surface area contributed by atoms with Crippen LogP contribution in [0.2, 0.25) is 0 Å². The molecule has 3 fully saturated rings. The summed E-state index contributed by atoms with van der Waals surface area (Å²) in [5, 5.41) is 11.4. The number of rotatable bonds is 12. The van der Waals surface area contributed by atoms with E-state index in [9.17, 15) is 9.90 Å². The average Bonchev–Trinajstić information content (AvgIpc) is 3.07. The first-order valence-corrected chi connectivity index (χ1v) is 16.4. The lowest BCUT2D eigenvalue weighted by Gasteiger charge is -2.61. The van der Waals surface area contributed by atoms with Crippen molar-refractivity contribution in [3.63, 3.8) is 0 Å². The van der Waals surface area contributed by atoms with Crippen molar-refractivity contribution in [3.8, 4) is 0 Å². The van der Waals surface area contributed by atoms with E-state index in [2.05, 4.69) is 49.4 Å². The second kappa shape index (κ2) is 11.8. The fraction of sp³-hybridized carbons (Fsp3) is 0.903. The quantitative estimate of drug-likeness (QED) is 0.140. The molecule has 0 spiro atoms. The molecule has 4 rings (SSSR count). The van der Waals surface area contributed by atoms with Crippen molar-refractivity contribution in [3.05, 3.63) is 11.6 Å². The zero-order valence-corrected chi connectivity index (χ0v) is 24.9. The SMILES string of the molecule is C[C@]12CCC(=O)C=C1C[C@@H](CCCCCCCOCCCCI)[C@@H]1[C@@H]2CC[C@@]2(C)[C@H]1CC[C@]2(C)O. The maximum Gasteiger partial charge on any atom is 0.155 e. The number of fused-ring (bicyclic) bond motifs is 5. The molecule has 3 saturated carbocycles. The molecule has 0 heterocycles. The lowest BCUT2D eigenvalue weighted by molar-refractivity contribution is -0.135. The summed E-state index contributed by atoms with van der Waals surface area (Å²) in [4.78, 5) is 12.4. The largest absolute Gasteiger partial charge is 0.390 e. The number of ketones is 1. The predicted octanol–water partition coefficient (Wildman–Crippen LogP) is 8.07. The Labute approximate surface area is 228 Å². The van der Waals surface area contributed by atoms with Crippen LogP contribution in [0.15, 0.2) is 11.6 Å². The van der Waals surface area contributed by atoms with Gasteiger partial charge in [0.15, 0.2) is 5.78 Å². The van der Waals surface area contributed by atoms with E-state index < -0.39 is 5.60 Å². The monoisotopic (exact) mass is 598 g/mol. The topological polar surface area (TPSA) is 46.5 Å². The minimum Gasteiger partial charge on any atom is -0.390 e. The van der Waals surface area contributed by atoms with Crippen LogP contribution in [0.3, 0.4) is 0 Å². The van der Waals surface area contributed by atoms with Crippen LogP contribution in [0.4, 0.5) is 0 Å². The Kier molecular flexibility index (Phi) is 9.50. The van der Waals surface area contributed by atoms with Crippen molar-refractivity contribution >= 4 is 28.4 Å². The molecule has 4 aliphatic rings. The minimum atomic E-state index is -0.523. The summed E-state index contributed by atoms with van der Waals surface area (Å²) < 4.78 is 7.01. The standard InChI is InChI=1S/C31H51IO3/c1-29-15-12-25(33)22-24(29)21-23(11-7-5-4-6-9-19-35-20-10-8-18-32)28-26(29)13-16-30(2)27(28)14-17-31(30,3)34/h22-23,26-28,34H,4-21H2,1-3H3/t23-,26+,27+,28-,29+,30+,31+/m1/s1. The molecule has 0 aromatic rings. The van der Waals surface area contributed by atoms with Crippen molar-refractivity contribution in [1.29, 1.82) is 0 Å². The molecular weight excluding hydrogens is 547 g/mol. The minimum absolute atomic E-state index is 0.0607. The smallest absolute Gasteiger partial charge is 0.155 e. The Morgan fingerprint density at radius 3 is 2.40 bits per heavy atom. The second-order valence-corrected chi connectivity index (χ2v) is 14.2. The third kappa shape index (κ3) is 5.75. The number of carbonyl (C=O) groups is 1. The molecule has 35 heavy (non-hydrogen) atoms. The van der Waals surface area contributed by atoms with Gasteiger partial charge in [0.25, 0.3) is 0 Å². The summed E-state index contributed by atoms with van der Waals surface area (Å²) in [6.45, 7) is 8.86. The summed E-state index contributed by atoms with van der Waals surface area (Å²) in [6, 6.07) is 0. The van der Waals surface area contributed by atoms with E-state index in [0.29, 0.717) is 29.5 Å². The summed E-state index contributed by atoms with van der Waals surface area (Å²) in [5.41, 5.74) is 1.23. The van der Waals surface area contributed by atoms with Gasteiger partial charge in [0.1, 0.15) is 0 Å². The first kappa shape index (κ1) is 28.1. The number of alkyl halides is 1. The summed E-state index contributed by atoms with van der Waals surface area (Å²) in [6.07, 6.45) is 19.7. The number of halogens is 1. The third-order valence-corrected chi connectivity index (χ3v) is 12.0. The Morgan fingerprint density at radius 1 is 0.943 bits per heavy atom. The summed E-state index contributed by atoms with van der Waals surface area (Å²) in [7, 11) is 0. The van der Waals surface area contributed by atoms with Crippen molar-refractivity contribution in [1.82, 2.24) is 0 Å². The third-order valence-electron chi connectivity index (χ3n) is 11.2. The highest BCUT2D eigenvalue weighted by Gasteiger charge is 2.64. The Balaban J connectivity index is 1.35. The van der Waals surface area contributed by atoms with Crippen LogP contribution >= 0.6 is 22.6 Å². The molecule has 0 unspecified atom stereocenters. The average molecular weight is 599 g/mol. The van der Waals surface area contributed by atoms with Crippen LogP contribution in [0, 0.1) is 34.5 Å². The number of hydrogen-bond acceptors (Lipinski definition) is 3. The highest BCUT2D eigenvalue weighted by Crippen LogP contribution is 2.69. The highest BCUT2D eigenvalue weighted by molar-refractivity contribution is 14.1. The normalized spacial score (nSPS) is 40.7. The first-order chi connectivity index (χ1) is 16.7. The zero-order chi connectivity index (χ0) is 25.1. The van der Waals surface area contributed by atoms with Crippen molar-refractivity contribution in [2.75, 3.05) is 17.6 Å². The summed E-state index contributed by atoms with van der Waals surface area (Å²) >= 11 is 2.44. The van der Waals surface area contributed by atoms with E-state index in [1.807, 2.05) is 0 Å². The van der Waals surface area contributed by atoms with Crippen molar-refractivity contribution in [2.24, 2.45) is 34.5 Å². The first-order valence-electron chi connectivity index (χ1n) is 14.8. The molecule has 200 valence electrons. The maximum atomic E-state index is 12.4. The van der Waals surface area contributed by atoms with Crippen LogP contribution < -0.4 is 0 Å². The van der Waals surface area contributed by atoms with Gasteiger partial charge in [0.2, 0.25) is 0 Å². The molecule has 0 radical (unpaired) electrons. The van der Waals surface area contributed by atoms with Gasteiger partial charge in [-0.25, -0.2) is 0 Å². The number of allylic oxidation sites excluding steroid dienone is 1. The molecule has 3 nitrogen and oxygen atoms in total. The van der Waals surface area contributed by atoms with Crippen LogP contribution in [-0.2, 0) is 9.53 Å². The van der Waals surface area contributed by atoms with E-state index in [-0.39, 0.29) is 10.8 Å². The van der Waals surface area contributed by atoms with Crippen molar-refractivity contribution < 1.29 is 14.6 Å². The Bertz CT molecular complexity index is 760. The van der Waals surface area contributed by atoms with Gasteiger partial charge >= 0.3 is 0 Å². The predicted molar refractivity (Wildman–Crippen MR) is 153 cm³/mol. The Morgan fingerprint density at radius 2 is 1.63 bits per heavy atom. The maximum absolute atomic E-state index is 12.4. The van der Waals surface area contributed by atoms with E-state index in [0.717, 1.165) is 45.3 Å². The lowest BCUT2D eigenvalue weighted by Crippen LogP contribution is -2.56. The number of unbranched alkanes of at least 4 members (excludes halogenated alkanes) is 5. The van der Waals surface area contributed by atoms with E-state index >= 15 is 0 Å². The Hall–Kier alpha value is 0.0600. The molecule has 0 bridgehead atoms. The molecular formula is C31H51IO3. The van der Waals surface area contributed by atoms with Gasteiger partial charge in [-0.2, -0.15) is 0 Å². The molecule has 4 heteroatoms. The van der Waals surface area contributed by atoms with Gasteiger partial charge in [0, 0.05) is 19.6 Å². The molecule has 0 saturated heterocycles. The van der Waals surface area contributed by atoms with Gasteiger partial charge in [0.05, 0.1) is 5.60 Å². The van der Waals surface area contributed by atoms with Crippen LogP contribution in [0.1, 0.15) is 117 Å². The van der Waals surface area contributed by atoms with Crippen LogP contribution in [0.25, 0.3) is 0 Å². The van der Waals surface area contributed by atoms with Crippen LogP contribution in [-0.4, -0.2) is 34.1 Å². The number of hydrogen-bond donors (Lipinski definition) is 1. The van der Waals surface area contributed by atoms with Gasteiger partial charge in [-0.05, 0) is 116 Å². The summed E-state index contributed by atoms with van der Waals surface area (Å²) in [5.74, 6) is 3.09.